The van der Waals surface area contributed by atoms with Gasteiger partial charge in [-0.2, -0.15) is 0 Å². The number of hydrogen-bond donors (Lipinski definition) is 2. The van der Waals surface area contributed by atoms with Crippen molar-refractivity contribution in [3.05, 3.63) is 35.9 Å². The van der Waals surface area contributed by atoms with Gasteiger partial charge in [0.25, 0.3) is 0 Å². The van der Waals surface area contributed by atoms with Crippen LogP contribution in [0.4, 0.5) is 0 Å². The molecule has 7 heteroatoms. The Hall–Kier alpha value is -2.52. The second kappa shape index (κ2) is 8.70. The molecule has 1 aromatic rings. The number of ether oxygens (including phenoxy) is 1. The van der Waals surface area contributed by atoms with Crippen LogP contribution in [-0.4, -0.2) is 28.3 Å². The largest absolute Gasteiger partial charge is 0.481 e. The summed E-state index contributed by atoms with van der Waals surface area (Å²) in [5.74, 6) is -3.92. The molecule has 0 fully saturated rings. The van der Waals surface area contributed by atoms with Crippen molar-refractivity contribution < 1.29 is 24.2 Å². The van der Waals surface area contributed by atoms with Crippen LogP contribution in [0.1, 0.15) is 12.0 Å². The lowest BCUT2D eigenvalue weighted by molar-refractivity contribution is -0.160. The van der Waals surface area contributed by atoms with E-state index in [4.69, 9.17) is 27.9 Å². The number of terminal acetylenes is 1. The molecule has 116 valence electrons. The highest BCUT2D eigenvalue weighted by Crippen LogP contribution is 2.13. The molecular weight excluding hydrogens is 310 g/mol. The van der Waals surface area contributed by atoms with Crippen LogP contribution in [-0.2, 0) is 25.7 Å². The van der Waals surface area contributed by atoms with Crippen molar-refractivity contribution in [2.75, 3.05) is 0 Å². The molecule has 22 heavy (non-hydrogen) atoms. The third-order valence-electron chi connectivity index (χ3n) is 2.81. The highest BCUT2D eigenvalue weighted by Gasteiger charge is 2.33. The lowest BCUT2D eigenvalue weighted by atomic mass is 10.0. The summed E-state index contributed by atoms with van der Waals surface area (Å²) < 4.78 is 4.96. The number of carbonyl (C=O) groups is 3. The predicted octanol–water partition coefficient (Wildman–Crippen LogP) is 1.13. The van der Waals surface area contributed by atoms with E-state index in [0.717, 1.165) is 0 Å². The standard InChI is InChI=1S/C15H14ClNO5/c1-2-17-12(13(16)18)8-11(14(19)20)15(21)22-9-10-6-4-3-5-7-10/h1,3-7,11-12,17H,8-9H2,(H,19,20)/t11?,12-/m0/s1. The van der Waals surface area contributed by atoms with Gasteiger partial charge in [0, 0.05) is 12.5 Å². The van der Waals surface area contributed by atoms with Crippen LogP contribution < -0.4 is 5.32 Å². The highest BCUT2D eigenvalue weighted by atomic mass is 35.5. The molecule has 0 aliphatic rings. The zero-order valence-corrected chi connectivity index (χ0v) is 12.2. The molecule has 2 N–H and O–H groups in total. The molecule has 0 aliphatic heterocycles. The summed E-state index contributed by atoms with van der Waals surface area (Å²) in [6, 6.07) is 9.63. The number of carbonyl (C=O) groups excluding carboxylic acids is 2. The van der Waals surface area contributed by atoms with Crippen LogP contribution in [0.15, 0.2) is 30.3 Å². The van der Waals surface area contributed by atoms with Crippen molar-refractivity contribution in [3.63, 3.8) is 0 Å². The van der Waals surface area contributed by atoms with E-state index < -0.39 is 35.6 Å². The highest BCUT2D eigenvalue weighted by molar-refractivity contribution is 6.64. The van der Waals surface area contributed by atoms with Crippen molar-refractivity contribution in [3.8, 4) is 12.5 Å². The number of nitrogens with one attached hydrogen (secondary N) is 1. The summed E-state index contributed by atoms with van der Waals surface area (Å²) in [4.78, 5) is 34.2. The van der Waals surface area contributed by atoms with Gasteiger partial charge in [-0.15, -0.1) is 0 Å². The predicted molar refractivity (Wildman–Crippen MR) is 78.6 cm³/mol. The van der Waals surface area contributed by atoms with Crippen molar-refractivity contribution in [1.82, 2.24) is 5.32 Å². The topological polar surface area (TPSA) is 92.7 Å². The number of rotatable bonds is 8. The summed E-state index contributed by atoms with van der Waals surface area (Å²) in [6.45, 7) is -0.0640. The number of aliphatic carboxylic acids is 1. The average molecular weight is 324 g/mol. The van der Waals surface area contributed by atoms with E-state index in [1.165, 1.54) is 0 Å². The summed E-state index contributed by atoms with van der Waals surface area (Å²) in [5.41, 5.74) is 0.715. The number of esters is 1. The first-order valence-corrected chi connectivity index (χ1v) is 6.67. The summed E-state index contributed by atoms with van der Waals surface area (Å²) in [5, 5.41) is 10.5. The second-order valence-electron chi connectivity index (χ2n) is 4.37. The van der Waals surface area contributed by atoms with E-state index in [2.05, 4.69) is 5.32 Å². The maximum absolute atomic E-state index is 11.9. The van der Waals surface area contributed by atoms with Gasteiger partial charge in [-0.1, -0.05) is 36.8 Å². The Bertz CT molecular complexity index is 581. The fourth-order valence-corrected chi connectivity index (χ4v) is 1.82. The molecule has 0 aliphatic carbocycles. The van der Waals surface area contributed by atoms with Crippen LogP contribution in [0.5, 0.6) is 0 Å². The molecular formula is C15H14ClNO5. The van der Waals surface area contributed by atoms with Crippen LogP contribution in [0.3, 0.4) is 0 Å². The van der Waals surface area contributed by atoms with Crippen LogP contribution in [0, 0.1) is 18.4 Å². The summed E-state index contributed by atoms with van der Waals surface area (Å²) in [7, 11) is 0. The van der Waals surface area contributed by atoms with Gasteiger partial charge in [0.15, 0.2) is 5.92 Å². The van der Waals surface area contributed by atoms with Crippen molar-refractivity contribution >= 4 is 28.8 Å². The number of carboxylic acid groups (broad SMARTS) is 1. The molecule has 0 heterocycles. The monoisotopic (exact) mass is 323 g/mol. The molecule has 0 aromatic heterocycles. The fraction of sp³-hybridized carbons (Fsp3) is 0.267. The van der Waals surface area contributed by atoms with E-state index in [-0.39, 0.29) is 6.61 Å². The Morgan fingerprint density at radius 3 is 2.45 bits per heavy atom. The molecule has 0 saturated carbocycles. The summed E-state index contributed by atoms with van der Waals surface area (Å²) >= 11 is 5.31. The third-order valence-corrected chi connectivity index (χ3v) is 3.07. The molecule has 1 aromatic carbocycles. The second-order valence-corrected chi connectivity index (χ2v) is 4.74. The number of carboxylic acids is 1. The minimum absolute atomic E-state index is 0.0640. The zero-order chi connectivity index (χ0) is 16.5. The Morgan fingerprint density at radius 2 is 1.95 bits per heavy atom. The Labute approximate surface area is 132 Å². The lowest BCUT2D eigenvalue weighted by Gasteiger charge is -2.16. The maximum atomic E-state index is 11.9. The van der Waals surface area contributed by atoms with Gasteiger partial charge in [-0.25, -0.2) is 0 Å². The van der Waals surface area contributed by atoms with Gasteiger partial charge >= 0.3 is 11.9 Å². The minimum Gasteiger partial charge on any atom is -0.481 e. The molecule has 0 radical (unpaired) electrons. The Morgan fingerprint density at radius 1 is 1.32 bits per heavy atom. The molecule has 2 atom stereocenters. The van der Waals surface area contributed by atoms with E-state index >= 15 is 0 Å². The minimum atomic E-state index is -1.54. The van der Waals surface area contributed by atoms with E-state index in [0.29, 0.717) is 5.56 Å². The van der Waals surface area contributed by atoms with Gasteiger partial charge in [0.1, 0.15) is 12.6 Å². The van der Waals surface area contributed by atoms with Gasteiger partial charge < -0.3 is 15.2 Å². The first-order valence-electron chi connectivity index (χ1n) is 6.29. The zero-order valence-electron chi connectivity index (χ0n) is 11.5. The van der Waals surface area contributed by atoms with Crippen LogP contribution in [0.25, 0.3) is 0 Å². The van der Waals surface area contributed by atoms with Crippen molar-refractivity contribution in [1.29, 1.82) is 0 Å². The first kappa shape index (κ1) is 17.5. The fourth-order valence-electron chi connectivity index (χ4n) is 1.67. The molecule has 0 amide bonds. The Balaban J connectivity index is 2.69. The maximum Gasteiger partial charge on any atom is 0.320 e. The summed E-state index contributed by atoms with van der Waals surface area (Å²) in [6.07, 6.45) is 4.60. The molecule has 1 unspecified atom stereocenters. The molecule has 0 saturated heterocycles. The van der Waals surface area contributed by atoms with Gasteiger partial charge in [0.2, 0.25) is 5.24 Å². The molecule has 0 spiro atoms. The van der Waals surface area contributed by atoms with E-state index in [9.17, 15) is 14.4 Å². The van der Waals surface area contributed by atoms with Gasteiger partial charge in [-0.3, -0.25) is 14.4 Å². The number of halogens is 1. The number of hydrogen-bond acceptors (Lipinski definition) is 5. The van der Waals surface area contributed by atoms with Crippen LogP contribution >= 0.6 is 11.6 Å². The van der Waals surface area contributed by atoms with Crippen LogP contribution in [0.2, 0.25) is 0 Å². The van der Waals surface area contributed by atoms with Crippen molar-refractivity contribution in [2.24, 2.45) is 5.92 Å². The molecule has 0 bridgehead atoms. The molecule has 1 rings (SSSR count). The lowest BCUT2D eigenvalue weighted by Crippen LogP contribution is -2.38. The van der Waals surface area contributed by atoms with Gasteiger partial charge in [-0.05, 0) is 17.2 Å². The van der Waals surface area contributed by atoms with E-state index in [1.807, 2.05) is 6.04 Å². The smallest absolute Gasteiger partial charge is 0.320 e. The average Bonchev–Trinajstić information content (AvgIpc) is 2.49. The van der Waals surface area contributed by atoms with Crippen molar-refractivity contribution in [2.45, 2.75) is 19.1 Å². The first-order chi connectivity index (χ1) is 10.5. The third kappa shape index (κ3) is 5.46. The van der Waals surface area contributed by atoms with Gasteiger partial charge in [0.05, 0.1) is 0 Å². The number of benzene rings is 1. The molecule has 6 nitrogen and oxygen atoms in total. The normalized spacial score (nSPS) is 12.5. The Kier molecular flexibility index (Phi) is 6.93. The SMILES string of the molecule is C#CN[C@@H](CC(C(=O)O)C(=O)OCc1ccccc1)C(=O)Cl. The quantitative estimate of drug-likeness (QED) is 0.245. The van der Waals surface area contributed by atoms with E-state index in [1.54, 1.807) is 30.3 Å².